The van der Waals surface area contributed by atoms with Crippen LogP contribution < -0.4 is 10.1 Å². The van der Waals surface area contributed by atoms with Gasteiger partial charge < -0.3 is 14.8 Å². The SMILES string of the molecule is CCOc1ccccc1NC(=O)COC(=O)c1cnn(-c2ccccn2)c1CC. The first-order valence-corrected chi connectivity index (χ1v) is 9.31. The number of nitrogens with one attached hydrogen (secondary N) is 1. The number of hydrogen-bond donors (Lipinski definition) is 1. The van der Waals surface area contributed by atoms with Crippen molar-refractivity contribution in [1.29, 1.82) is 0 Å². The zero-order chi connectivity index (χ0) is 20.6. The quantitative estimate of drug-likeness (QED) is 0.590. The minimum absolute atomic E-state index is 0.306. The van der Waals surface area contributed by atoms with E-state index in [9.17, 15) is 9.59 Å². The summed E-state index contributed by atoms with van der Waals surface area (Å²) in [6.45, 7) is 3.82. The molecule has 0 fully saturated rings. The number of hydrogen-bond acceptors (Lipinski definition) is 6. The number of para-hydroxylation sites is 2. The van der Waals surface area contributed by atoms with Crippen LogP contribution in [-0.4, -0.2) is 39.9 Å². The van der Waals surface area contributed by atoms with Gasteiger partial charge in [0.05, 0.1) is 24.2 Å². The number of pyridine rings is 1. The number of carbonyl (C=O) groups is 2. The molecule has 3 aromatic rings. The number of esters is 1. The molecule has 0 spiro atoms. The van der Waals surface area contributed by atoms with Gasteiger partial charge in [0.25, 0.3) is 5.91 Å². The molecular weight excluding hydrogens is 372 g/mol. The molecule has 0 atom stereocenters. The number of amides is 1. The topological polar surface area (TPSA) is 95.3 Å². The van der Waals surface area contributed by atoms with E-state index >= 15 is 0 Å². The monoisotopic (exact) mass is 394 g/mol. The number of carbonyl (C=O) groups excluding carboxylic acids is 2. The van der Waals surface area contributed by atoms with Gasteiger partial charge in [-0.15, -0.1) is 0 Å². The molecule has 0 radical (unpaired) electrons. The van der Waals surface area contributed by atoms with Gasteiger partial charge in [-0.25, -0.2) is 14.5 Å². The summed E-state index contributed by atoms with van der Waals surface area (Å²) in [6, 6.07) is 12.5. The number of benzene rings is 1. The molecule has 2 heterocycles. The molecule has 0 saturated carbocycles. The van der Waals surface area contributed by atoms with Crippen molar-refractivity contribution in [2.24, 2.45) is 0 Å². The highest BCUT2D eigenvalue weighted by atomic mass is 16.5. The molecule has 0 aliphatic carbocycles. The minimum Gasteiger partial charge on any atom is -0.492 e. The van der Waals surface area contributed by atoms with E-state index in [1.807, 2.05) is 26.0 Å². The predicted octanol–water partition coefficient (Wildman–Crippen LogP) is 3.02. The summed E-state index contributed by atoms with van der Waals surface area (Å²) in [4.78, 5) is 29.0. The van der Waals surface area contributed by atoms with E-state index in [2.05, 4.69) is 15.4 Å². The molecule has 1 aromatic carbocycles. The van der Waals surface area contributed by atoms with Crippen molar-refractivity contribution in [2.75, 3.05) is 18.5 Å². The van der Waals surface area contributed by atoms with Crippen molar-refractivity contribution < 1.29 is 19.1 Å². The Balaban J connectivity index is 1.65. The van der Waals surface area contributed by atoms with Crippen LogP contribution in [0, 0.1) is 0 Å². The highest BCUT2D eigenvalue weighted by Gasteiger charge is 2.20. The molecule has 8 nitrogen and oxygen atoms in total. The first-order valence-electron chi connectivity index (χ1n) is 9.31. The van der Waals surface area contributed by atoms with Crippen LogP contribution in [0.5, 0.6) is 5.75 Å². The van der Waals surface area contributed by atoms with E-state index in [4.69, 9.17) is 9.47 Å². The van der Waals surface area contributed by atoms with Crippen LogP contribution in [0.15, 0.2) is 54.9 Å². The predicted molar refractivity (Wildman–Crippen MR) is 107 cm³/mol. The molecule has 29 heavy (non-hydrogen) atoms. The maximum Gasteiger partial charge on any atom is 0.342 e. The second-order valence-electron chi connectivity index (χ2n) is 6.01. The van der Waals surface area contributed by atoms with Crippen molar-refractivity contribution >= 4 is 17.6 Å². The van der Waals surface area contributed by atoms with E-state index in [1.54, 1.807) is 41.2 Å². The highest BCUT2D eigenvalue weighted by Crippen LogP contribution is 2.23. The maximum absolute atomic E-state index is 12.5. The van der Waals surface area contributed by atoms with Crippen LogP contribution in [0.4, 0.5) is 5.69 Å². The molecular formula is C21H22N4O4. The third-order valence-electron chi connectivity index (χ3n) is 4.09. The fourth-order valence-corrected chi connectivity index (χ4v) is 2.81. The molecule has 0 aliphatic rings. The highest BCUT2D eigenvalue weighted by molar-refractivity contribution is 5.96. The molecule has 1 amide bonds. The van der Waals surface area contributed by atoms with Gasteiger partial charge in [-0.1, -0.05) is 25.1 Å². The van der Waals surface area contributed by atoms with Gasteiger partial charge in [-0.2, -0.15) is 5.10 Å². The molecule has 0 unspecified atom stereocenters. The molecule has 1 N–H and O–H groups in total. The van der Waals surface area contributed by atoms with Crippen LogP contribution >= 0.6 is 0 Å². The van der Waals surface area contributed by atoms with E-state index in [0.29, 0.717) is 41.5 Å². The normalized spacial score (nSPS) is 10.4. The van der Waals surface area contributed by atoms with Crippen molar-refractivity contribution in [3.05, 3.63) is 66.1 Å². The first kappa shape index (κ1) is 20.1. The molecule has 150 valence electrons. The summed E-state index contributed by atoms with van der Waals surface area (Å²) >= 11 is 0. The fraction of sp³-hybridized carbons (Fsp3) is 0.238. The summed E-state index contributed by atoms with van der Waals surface area (Å²) < 4.78 is 12.2. The Morgan fingerprint density at radius 3 is 2.62 bits per heavy atom. The fourth-order valence-electron chi connectivity index (χ4n) is 2.81. The largest absolute Gasteiger partial charge is 0.492 e. The van der Waals surface area contributed by atoms with Gasteiger partial charge in [0.15, 0.2) is 12.4 Å². The Kier molecular flexibility index (Phi) is 6.57. The zero-order valence-electron chi connectivity index (χ0n) is 16.3. The van der Waals surface area contributed by atoms with Crippen molar-refractivity contribution in [1.82, 2.24) is 14.8 Å². The van der Waals surface area contributed by atoms with Crippen molar-refractivity contribution in [2.45, 2.75) is 20.3 Å². The Hall–Kier alpha value is -3.68. The molecule has 0 saturated heterocycles. The Bertz CT molecular complexity index is 985. The lowest BCUT2D eigenvalue weighted by molar-refractivity contribution is -0.119. The second kappa shape index (κ2) is 9.50. The Morgan fingerprint density at radius 2 is 1.90 bits per heavy atom. The van der Waals surface area contributed by atoms with E-state index in [-0.39, 0.29) is 0 Å². The average molecular weight is 394 g/mol. The van der Waals surface area contributed by atoms with E-state index in [1.165, 1.54) is 6.20 Å². The van der Waals surface area contributed by atoms with Gasteiger partial charge in [0, 0.05) is 6.20 Å². The lowest BCUT2D eigenvalue weighted by Crippen LogP contribution is -2.21. The summed E-state index contributed by atoms with van der Waals surface area (Å²) in [5.41, 5.74) is 1.49. The molecule has 8 heteroatoms. The summed E-state index contributed by atoms with van der Waals surface area (Å²) in [7, 11) is 0. The number of anilines is 1. The zero-order valence-corrected chi connectivity index (χ0v) is 16.3. The smallest absolute Gasteiger partial charge is 0.342 e. The molecule has 3 rings (SSSR count). The molecule has 0 aliphatic heterocycles. The van der Waals surface area contributed by atoms with Gasteiger partial charge in [0.2, 0.25) is 0 Å². The van der Waals surface area contributed by atoms with Gasteiger partial charge in [0.1, 0.15) is 11.3 Å². The van der Waals surface area contributed by atoms with Crippen LogP contribution in [-0.2, 0) is 16.0 Å². The van der Waals surface area contributed by atoms with Gasteiger partial charge in [-0.3, -0.25) is 4.79 Å². The van der Waals surface area contributed by atoms with Crippen LogP contribution in [0.25, 0.3) is 5.82 Å². The standard InChI is InChI=1S/C21H22N4O4/c1-3-17-15(13-23-25(17)19-11-7-8-12-22-19)21(27)29-14-20(26)24-16-9-5-6-10-18(16)28-4-2/h5-13H,3-4,14H2,1-2H3,(H,24,26). The van der Waals surface area contributed by atoms with Crippen molar-refractivity contribution in [3.8, 4) is 11.6 Å². The summed E-state index contributed by atoms with van der Waals surface area (Å²) in [5.74, 6) is 0.0891. The number of ether oxygens (including phenoxy) is 2. The minimum atomic E-state index is -0.614. The Labute approximate surface area is 168 Å². The molecule has 0 bridgehead atoms. The molecule has 2 aromatic heterocycles. The van der Waals surface area contributed by atoms with E-state index < -0.39 is 18.5 Å². The number of nitrogens with zero attached hydrogens (tertiary/aromatic N) is 3. The van der Waals surface area contributed by atoms with Gasteiger partial charge >= 0.3 is 5.97 Å². The first-order chi connectivity index (χ1) is 14.1. The number of rotatable bonds is 8. The van der Waals surface area contributed by atoms with E-state index in [0.717, 1.165) is 0 Å². The van der Waals surface area contributed by atoms with Crippen LogP contribution in [0.3, 0.4) is 0 Å². The average Bonchev–Trinajstić information content (AvgIpc) is 3.18. The third-order valence-corrected chi connectivity index (χ3v) is 4.09. The van der Waals surface area contributed by atoms with Gasteiger partial charge in [-0.05, 0) is 37.6 Å². The summed E-state index contributed by atoms with van der Waals surface area (Å²) in [6.07, 6.45) is 3.63. The lowest BCUT2D eigenvalue weighted by atomic mass is 10.2. The number of aromatic nitrogens is 3. The van der Waals surface area contributed by atoms with Crippen LogP contribution in [0.2, 0.25) is 0 Å². The maximum atomic E-state index is 12.5. The summed E-state index contributed by atoms with van der Waals surface area (Å²) in [5, 5.41) is 6.93. The third kappa shape index (κ3) is 4.78. The lowest BCUT2D eigenvalue weighted by Gasteiger charge is -2.11. The van der Waals surface area contributed by atoms with Crippen LogP contribution in [0.1, 0.15) is 29.9 Å². The second-order valence-corrected chi connectivity index (χ2v) is 6.01. The Morgan fingerprint density at radius 1 is 1.10 bits per heavy atom. The van der Waals surface area contributed by atoms with Crippen molar-refractivity contribution in [3.63, 3.8) is 0 Å².